The molecule has 0 aliphatic rings. The summed E-state index contributed by atoms with van der Waals surface area (Å²) in [5.74, 6) is -0.244. The Balaban J connectivity index is 1.97. The van der Waals surface area contributed by atoms with Crippen LogP contribution in [-0.2, 0) is 0 Å². The van der Waals surface area contributed by atoms with E-state index in [2.05, 4.69) is 5.10 Å². The minimum absolute atomic E-state index is 0.244. The highest BCUT2D eigenvalue weighted by Crippen LogP contribution is 2.23. The monoisotopic (exact) mass is 286 g/mol. The number of rotatable bonds is 2. The van der Waals surface area contributed by atoms with E-state index in [-0.39, 0.29) is 5.82 Å². The zero-order valence-corrected chi connectivity index (χ0v) is 11.6. The molecule has 0 unspecified atom stereocenters. The Bertz CT molecular complexity index is 747. The van der Waals surface area contributed by atoms with Gasteiger partial charge in [0.1, 0.15) is 5.82 Å². The first kappa shape index (κ1) is 12.9. The molecule has 0 saturated heterocycles. The van der Waals surface area contributed by atoms with Crippen molar-refractivity contribution in [3.05, 3.63) is 71.3 Å². The molecule has 0 bridgehead atoms. The third-order valence-corrected chi connectivity index (χ3v) is 3.59. The van der Waals surface area contributed by atoms with Crippen LogP contribution in [0.15, 0.2) is 54.9 Å². The summed E-state index contributed by atoms with van der Waals surface area (Å²) in [5, 5.41) is 5.03. The maximum absolute atomic E-state index is 12.9. The van der Waals surface area contributed by atoms with Gasteiger partial charge in [0.05, 0.1) is 11.9 Å². The number of benzene rings is 2. The Hall–Kier alpha value is -2.13. The summed E-state index contributed by atoms with van der Waals surface area (Å²) in [7, 11) is 0. The molecule has 1 aromatic heterocycles. The van der Waals surface area contributed by atoms with Gasteiger partial charge < -0.3 is 0 Å². The maximum Gasteiger partial charge on any atom is 0.123 e. The Morgan fingerprint density at radius 3 is 2.50 bits per heavy atom. The van der Waals surface area contributed by atoms with Gasteiger partial charge >= 0.3 is 0 Å². The Labute approximate surface area is 121 Å². The topological polar surface area (TPSA) is 17.8 Å². The van der Waals surface area contributed by atoms with Crippen LogP contribution in [-0.4, -0.2) is 9.78 Å². The molecular weight excluding hydrogens is 275 g/mol. The standard InChI is InChI=1S/C16H12ClFN2/c1-11-2-7-15(8-16(11)17)20-10-13(9-19-20)12-3-5-14(18)6-4-12/h2-10H,1H3. The molecule has 2 aromatic carbocycles. The number of aryl methyl sites for hydroxylation is 1. The molecule has 0 spiro atoms. The zero-order valence-electron chi connectivity index (χ0n) is 10.8. The fourth-order valence-corrected chi connectivity index (χ4v) is 2.15. The van der Waals surface area contributed by atoms with Crippen molar-refractivity contribution in [3.8, 4) is 16.8 Å². The van der Waals surface area contributed by atoms with Gasteiger partial charge in [0.25, 0.3) is 0 Å². The molecule has 0 N–H and O–H groups in total. The molecule has 0 saturated carbocycles. The molecular formula is C16H12ClFN2. The minimum Gasteiger partial charge on any atom is -0.240 e. The van der Waals surface area contributed by atoms with Crippen LogP contribution in [0.5, 0.6) is 0 Å². The van der Waals surface area contributed by atoms with Crippen LogP contribution in [0.3, 0.4) is 0 Å². The molecule has 1 heterocycles. The SMILES string of the molecule is Cc1ccc(-n2cc(-c3ccc(F)cc3)cn2)cc1Cl. The van der Waals surface area contributed by atoms with Gasteiger partial charge in [0.15, 0.2) is 0 Å². The van der Waals surface area contributed by atoms with Crippen LogP contribution in [0.4, 0.5) is 4.39 Å². The molecule has 4 heteroatoms. The van der Waals surface area contributed by atoms with E-state index in [9.17, 15) is 4.39 Å². The first-order valence-electron chi connectivity index (χ1n) is 6.20. The minimum atomic E-state index is -0.244. The van der Waals surface area contributed by atoms with Crippen molar-refractivity contribution in [2.24, 2.45) is 0 Å². The van der Waals surface area contributed by atoms with Crippen LogP contribution in [0.2, 0.25) is 5.02 Å². The number of halogens is 2. The Kier molecular flexibility index (Phi) is 3.28. The number of aromatic nitrogens is 2. The van der Waals surface area contributed by atoms with E-state index in [0.717, 1.165) is 22.4 Å². The van der Waals surface area contributed by atoms with Gasteiger partial charge in [0.2, 0.25) is 0 Å². The molecule has 20 heavy (non-hydrogen) atoms. The van der Waals surface area contributed by atoms with Crippen LogP contribution in [0.25, 0.3) is 16.8 Å². The summed E-state index contributed by atoms with van der Waals surface area (Å²) < 4.78 is 14.7. The largest absolute Gasteiger partial charge is 0.240 e. The van der Waals surface area contributed by atoms with Crippen molar-refractivity contribution in [1.29, 1.82) is 0 Å². The lowest BCUT2D eigenvalue weighted by Crippen LogP contribution is -1.94. The molecule has 3 rings (SSSR count). The molecule has 0 amide bonds. The van der Waals surface area contributed by atoms with E-state index >= 15 is 0 Å². The van der Waals surface area contributed by atoms with Crippen LogP contribution in [0, 0.1) is 12.7 Å². The van der Waals surface area contributed by atoms with Crippen LogP contribution in [0.1, 0.15) is 5.56 Å². The Morgan fingerprint density at radius 2 is 1.80 bits per heavy atom. The summed E-state index contributed by atoms with van der Waals surface area (Å²) in [5.41, 5.74) is 3.79. The summed E-state index contributed by atoms with van der Waals surface area (Å²) in [6.45, 7) is 1.96. The van der Waals surface area contributed by atoms with E-state index in [1.165, 1.54) is 12.1 Å². The van der Waals surface area contributed by atoms with Crippen molar-refractivity contribution in [3.63, 3.8) is 0 Å². The van der Waals surface area contributed by atoms with Crippen LogP contribution >= 0.6 is 11.6 Å². The second-order valence-electron chi connectivity index (χ2n) is 4.61. The molecule has 0 aliphatic carbocycles. The van der Waals surface area contributed by atoms with E-state index in [1.807, 2.05) is 31.3 Å². The summed E-state index contributed by atoms with van der Waals surface area (Å²) in [4.78, 5) is 0. The first-order chi connectivity index (χ1) is 9.63. The third-order valence-electron chi connectivity index (χ3n) is 3.18. The van der Waals surface area contributed by atoms with Gasteiger partial charge in [-0.3, -0.25) is 0 Å². The van der Waals surface area contributed by atoms with Crippen molar-refractivity contribution in [2.45, 2.75) is 6.92 Å². The van der Waals surface area contributed by atoms with E-state index < -0.39 is 0 Å². The highest BCUT2D eigenvalue weighted by Gasteiger charge is 2.05. The first-order valence-corrected chi connectivity index (χ1v) is 6.58. The average molecular weight is 287 g/mol. The number of hydrogen-bond donors (Lipinski definition) is 0. The fraction of sp³-hybridized carbons (Fsp3) is 0.0625. The molecule has 0 radical (unpaired) electrons. The molecule has 100 valence electrons. The lowest BCUT2D eigenvalue weighted by Gasteiger charge is -2.03. The highest BCUT2D eigenvalue weighted by molar-refractivity contribution is 6.31. The Morgan fingerprint density at radius 1 is 1.05 bits per heavy atom. The van der Waals surface area contributed by atoms with Crippen molar-refractivity contribution in [1.82, 2.24) is 9.78 Å². The van der Waals surface area contributed by atoms with Crippen molar-refractivity contribution in [2.75, 3.05) is 0 Å². The maximum atomic E-state index is 12.9. The normalized spacial score (nSPS) is 10.8. The molecule has 0 fully saturated rings. The van der Waals surface area contributed by atoms with Gasteiger partial charge in [-0.2, -0.15) is 5.10 Å². The van der Waals surface area contributed by atoms with Crippen molar-refractivity contribution < 1.29 is 4.39 Å². The van der Waals surface area contributed by atoms with E-state index in [4.69, 9.17) is 11.6 Å². The lowest BCUT2D eigenvalue weighted by molar-refractivity contribution is 0.628. The molecule has 3 aromatic rings. The number of nitrogens with zero attached hydrogens (tertiary/aromatic N) is 2. The fourth-order valence-electron chi connectivity index (χ4n) is 1.98. The van der Waals surface area contributed by atoms with Gasteiger partial charge in [-0.15, -0.1) is 0 Å². The molecule has 0 aliphatic heterocycles. The van der Waals surface area contributed by atoms with Gasteiger partial charge in [-0.1, -0.05) is 29.8 Å². The molecule has 0 atom stereocenters. The highest BCUT2D eigenvalue weighted by atomic mass is 35.5. The van der Waals surface area contributed by atoms with E-state index in [0.29, 0.717) is 5.02 Å². The quantitative estimate of drug-likeness (QED) is 0.671. The van der Waals surface area contributed by atoms with E-state index in [1.54, 1.807) is 23.0 Å². The second-order valence-corrected chi connectivity index (χ2v) is 5.02. The second kappa shape index (κ2) is 5.10. The summed E-state index contributed by atoms with van der Waals surface area (Å²) >= 11 is 6.12. The summed E-state index contributed by atoms with van der Waals surface area (Å²) in [6.07, 6.45) is 3.65. The average Bonchev–Trinajstić information content (AvgIpc) is 2.92. The zero-order chi connectivity index (χ0) is 14.1. The van der Waals surface area contributed by atoms with Gasteiger partial charge in [-0.05, 0) is 42.3 Å². The molecule has 2 nitrogen and oxygen atoms in total. The lowest BCUT2D eigenvalue weighted by atomic mass is 10.1. The predicted molar refractivity (Wildman–Crippen MR) is 78.7 cm³/mol. The van der Waals surface area contributed by atoms with Crippen molar-refractivity contribution >= 4 is 11.6 Å². The van der Waals surface area contributed by atoms with Gasteiger partial charge in [0, 0.05) is 16.8 Å². The smallest absolute Gasteiger partial charge is 0.123 e. The van der Waals surface area contributed by atoms with Gasteiger partial charge in [-0.25, -0.2) is 9.07 Å². The summed E-state index contributed by atoms with van der Waals surface area (Å²) in [6, 6.07) is 12.1. The third kappa shape index (κ3) is 2.45. The number of hydrogen-bond acceptors (Lipinski definition) is 1. The van der Waals surface area contributed by atoms with Crippen LogP contribution < -0.4 is 0 Å². The predicted octanol–water partition coefficient (Wildman–Crippen LogP) is 4.64.